The van der Waals surface area contributed by atoms with Gasteiger partial charge in [0.2, 0.25) is 0 Å². The molecule has 0 N–H and O–H groups in total. The number of carbonyl (C=O) groups excluding carboxylic acids is 1. The third-order valence-corrected chi connectivity index (χ3v) is 4.18. The highest BCUT2D eigenvalue weighted by molar-refractivity contribution is 5.92. The summed E-state index contributed by atoms with van der Waals surface area (Å²) in [5.41, 5.74) is 1.23. The maximum absolute atomic E-state index is 12.4. The summed E-state index contributed by atoms with van der Waals surface area (Å²) in [5.74, 6) is 1.61. The molecule has 4 rings (SSSR count). The molecule has 0 radical (unpaired) electrons. The average Bonchev–Trinajstić information content (AvgIpc) is 3.02. The SMILES string of the molecule is Cc1nnc2ccc(N3CCN(C(=O)c4ccccn4)CC3)nn12. The van der Waals surface area contributed by atoms with Crippen LogP contribution in [0.1, 0.15) is 16.3 Å². The van der Waals surface area contributed by atoms with Crippen molar-refractivity contribution in [2.75, 3.05) is 31.1 Å². The van der Waals surface area contributed by atoms with E-state index in [2.05, 4.69) is 25.2 Å². The van der Waals surface area contributed by atoms with Crippen molar-refractivity contribution in [3.05, 3.63) is 48.0 Å². The number of aryl methyl sites for hydroxylation is 1. The van der Waals surface area contributed by atoms with Crippen LogP contribution in [0.2, 0.25) is 0 Å². The number of pyridine rings is 1. The molecule has 4 heterocycles. The molecule has 0 aliphatic carbocycles. The molecule has 24 heavy (non-hydrogen) atoms. The summed E-state index contributed by atoms with van der Waals surface area (Å²) in [7, 11) is 0. The summed E-state index contributed by atoms with van der Waals surface area (Å²) in [6.45, 7) is 4.64. The Morgan fingerprint density at radius 3 is 2.62 bits per heavy atom. The number of piperazine rings is 1. The third-order valence-electron chi connectivity index (χ3n) is 4.18. The van der Waals surface area contributed by atoms with E-state index in [0.717, 1.165) is 30.4 Å². The first-order valence-corrected chi connectivity index (χ1v) is 7.87. The Morgan fingerprint density at radius 2 is 1.88 bits per heavy atom. The zero-order valence-corrected chi connectivity index (χ0v) is 13.3. The van der Waals surface area contributed by atoms with Crippen molar-refractivity contribution in [1.82, 2.24) is 29.7 Å². The fraction of sp³-hybridized carbons (Fsp3) is 0.312. The number of aromatic nitrogens is 5. The van der Waals surface area contributed by atoms with Crippen LogP contribution < -0.4 is 4.90 Å². The Balaban J connectivity index is 1.47. The molecule has 1 fully saturated rings. The minimum absolute atomic E-state index is 0.0201. The van der Waals surface area contributed by atoms with Gasteiger partial charge in [-0.2, -0.15) is 4.52 Å². The summed E-state index contributed by atoms with van der Waals surface area (Å²) < 4.78 is 1.74. The molecule has 1 amide bonds. The Bertz CT molecular complexity index is 869. The predicted molar refractivity (Wildman–Crippen MR) is 87.9 cm³/mol. The molecule has 0 unspecified atom stereocenters. The lowest BCUT2D eigenvalue weighted by molar-refractivity contribution is 0.0740. The highest BCUT2D eigenvalue weighted by atomic mass is 16.2. The van der Waals surface area contributed by atoms with E-state index >= 15 is 0 Å². The molecule has 3 aromatic heterocycles. The van der Waals surface area contributed by atoms with E-state index in [1.807, 2.05) is 36.1 Å². The van der Waals surface area contributed by atoms with Crippen molar-refractivity contribution < 1.29 is 4.79 Å². The standard InChI is InChI=1S/C16H17N7O/c1-12-18-19-14-5-6-15(20-23(12)14)21-8-10-22(11-9-21)16(24)13-4-2-3-7-17-13/h2-7H,8-11H2,1H3. The van der Waals surface area contributed by atoms with E-state index in [-0.39, 0.29) is 5.91 Å². The molecule has 0 spiro atoms. The second-order valence-electron chi connectivity index (χ2n) is 5.70. The second kappa shape index (κ2) is 5.88. The monoisotopic (exact) mass is 323 g/mol. The normalized spacial score (nSPS) is 15.0. The molecule has 8 nitrogen and oxygen atoms in total. The average molecular weight is 323 g/mol. The lowest BCUT2D eigenvalue weighted by atomic mass is 10.2. The van der Waals surface area contributed by atoms with Crippen LogP contribution >= 0.6 is 0 Å². The second-order valence-corrected chi connectivity index (χ2v) is 5.70. The van der Waals surface area contributed by atoms with E-state index in [1.165, 1.54) is 0 Å². The van der Waals surface area contributed by atoms with Crippen LogP contribution in [0.5, 0.6) is 0 Å². The zero-order valence-electron chi connectivity index (χ0n) is 13.3. The molecule has 1 aliphatic heterocycles. The van der Waals surface area contributed by atoms with Crippen molar-refractivity contribution in [3.8, 4) is 0 Å². The van der Waals surface area contributed by atoms with Crippen LogP contribution in [0.15, 0.2) is 36.5 Å². The number of fused-ring (bicyclic) bond motifs is 1. The number of amides is 1. The van der Waals surface area contributed by atoms with E-state index in [1.54, 1.807) is 16.8 Å². The zero-order chi connectivity index (χ0) is 16.5. The van der Waals surface area contributed by atoms with Crippen molar-refractivity contribution in [3.63, 3.8) is 0 Å². The lowest BCUT2D eigenvalue weighted by Gasteiger charge is -2.35. The van der Waals surface area contributed by atoms with E-state index in [9.17, 15) is 4.79 Å². The number of anilines is 1. The van der Waals surface area contributed by atoms with Gasteiger partial charge in [0.1, 0.15) is 11.5 Å². The first kappa shape index (κ1) is 14.6. The fourth-order valence-electron chi connectivity index (χ4n) is 2.85. The molecule has 122 valence electrons. The van der Waals surface area contributed by atoms with Gasteiger partial charge in [-0.3, -0.25) is 9.78 Å². The summed E-state index contributed by atoms with van der Waals surface area (Å²) >= 11 is 0. The molecule has 0 bridgehead atoms. The maximum Gasteiger partial charge on any atom is 0.272 e. The van der Waals surface area contributed by atoms with Gasteiger partial charge in [-0.1, -0.05) is 6.07 Å². The van der Waals surface area contributed by atoms with Gasteiger partial charge in [0.15, 0.2) is 11.5 Å². The quantitative estimate of drug-likeness (QED) is 0.694. The topological polar surface area (TPSA) is 79.5 Å². The first-order chi connectivity index (χ1) is 11.7. The molecular formula is C16H17N7O. The Kier molecular flexibility index (Phi) is 3.56. The highest BCUT2D eigenvalue weighted by Gasteiger charge is 2.23. The largest absolute Gasteiger partial charge is 0.352 e. The van der Waals surface area contributed by atoms with Gasteiger partial charge >= 0.3 is 0 Å². The Hall–Kier alpha value is -3.03. The third kappa shape index (κ3) is 2.55. The molecule has 8 heteroatoms. The molecule has 1 saturated heterocycles. The number of hydrogen-bond donors (Lipinski definition) is 0. The van der Waals surface area contributed by atoms with Gasteiger partial charge in [0.05, 0.1) is 0 Å². The van der Waals surface area contributed by atoms with Gasteiger partial charge < -0.3 is 9.80 Å². The molecular weight excluding hydrogens is 306 g/mol. The van der Waals surface area contributed by atoms with Gasteiger partial charge in [-0.25, -0.2) is 0 Å². The minimum atomic E-state index is -0.0201. The fourth-order valence-corrected chi connectivity index (χ4v) is 2.85. The molecule has 0 aromatic carbocycles. The van der Waals surface area contributed by atoms with Crippen LogP contribution in [-0.4, -0.2) is 61.8 Å². The molecule has 3 aromatic rings. The van der Waals surface area contributed by atoms with Crippen LogP contribution in [0.3, 0.4) is 0 Å². The summed E-state index contributed by atoms with van der Waals surface area (Å²) in [6, 6.07) is 9.24. The minimum Gasteiger partial charge on any atom is -0.352 e. The van der Waals surface area contributed by atoms with Crippen molar-refractivity contribution in [2.45, 2.75) is 6.92 Å². The first-order valence-electron chi connectivity index (χ1n) is 7.87. The van der Waals surface area contributed by atoms with Crippen molar-refractivity contribution in [1.29, 1.82) is 0 Å². The Morgan fingerprint density at radius 1 is 1.04 bits per heavy atom. The predicted octanol–water partition coefficient (Wildman–Crippen LogP) is 0.790. The van der Waals surface area contributed by atoms with Crippen LogP contribution in [0.4, 0.5) is 5.82 Å². The number of nitrogens with zero attached hydrogens (tertiary/aromatic N) is 7. The number of hydrogen-bond acceptors (Lipinski definition) is 6. The molecule has 1 aliphatic rings. The summed E-state index contributed by atoms with van der Waals surface area (Å²) in [5, 5.41) is 12.7. The highest BCUT2D eigenvalue weighted by Crippen LogP contribution is 2.15. The van der Waals surface area contributed by atoms with Crippen LogP contribution in [0.25, 0.3) is 5.65 Å². The van der Waals surface area contributed by atoms with Crippen LogP contribution in [0, 0.1) is 6.92 Å². The van der Waals surface area contributed by atoms with Gasteiger partial charge in [-0.05, 0) is 31.2 Å². The molecule has 0 atom stereocenters. The van der Waals surface area contributed by atoms with Crippen LogP contribution in [-0.2, 0) is 0 Å². The lowest BCUT2D eigenvalue weighted by Crippen LogP contribution is -2.49. The molecule has 0 saturated carbocycles. The van der Waals surface area contributed by atoms with Gasteiger partial charge in [0, 0.05) is 32.4 Å². The van der Waals surface area contributed by atoms with E-state index in [4.69, 9.17) is 0 Å². The van der Waals surface area contributed by atoms with Crippen molar-refractivity contribution in [2.24, 2.45) is 0 Å². The van der Waals surface area contributed by atoms with Gasteiger partial charge in [0.25, 0.3) is 5.91 Å². The Labute approximate surface area is 138 Å². The summed E-state index contributed by atoms with van der Waals surface area (Å²) in [4.78, 5) is 20.6. The van der Waals surface area contributed by atoms with Gasteiger partial charge in [-0.15, -0.1) is 15.3 Å². The summed E-state index contributed by atoms with van der Waals surface area (Å²) in [6.07, 6.45) is 1.64. The van der Waals surface area contributed by atoms with Crippen molar-refractivity contribution >= 4 is 17.4 Å². The smallest absolute Gasteiger partial charge is 0.272 e. The maximum atomic E-state index is 12.4. The van der Waals surface area contributed by atoms with E-state index < -0.39 is 0 Å². The van der Waals surface area contributed by atoms with E-state index in [0.29, 0.717) is 18.8 Å². The number of rotatable bonds is 2. The number of carbonyl (C=O) groups is 1.